The van der Waals surface area contributed by atoms with Gasteiger partial charge in [0.1, 0.15) is 0 Å². The van der Waals surface area contributed by atoms with Crippen molar-refractivity contribution >= 4 is 28.0 Å². The lowest BCUT2D eigenvalue weighted by atomic mass is 9.94. The van der Waals surface area contributed by atoms with Crippen molar-refractivity contribution < 1.29 is 22.8 Å². The van der Waals surface area contributed by atoms with Gasteiger partial charge in [-0.3, -0.25) is 9.59 Å². The average Bonchev–Trinajstić information content (AvgIpc) is 2.34. The number of nitriles is 1. The van der Waals surface area contributed by atoms with Crippen LogP contribution >= 0.6 is 15.9 Å². The Bertz CT molecular complexity index is 546. The molecule has 0 N–H and O–H groups in total. The summed E-state index contributed by atoms with van der Waals surface area (Å²) in [6, 6.07) is 3.08. The number of Topliss-reactive ketones (excluding diaryl/α,β-unsaturated/α-hetero) is 1. The van der Waals surface area contributed by atoms with Gasteiger partial charge in [0, 0.05) is 11.1 Å². The minimum Gasteiger partial charge on any atom is -0.298 e. The van der Waals surface area contributed by atoms with Crippen molar-refractivity contribution in [2.75, 3.05) is 5.33 Å². The van der Waals surface area contributed by atoms with Gasteiger partial charge in [0.05, 0.1) is 22.5 Å². The van der Waals surface area contributed by atoms with E-state index in [1.54, 1.807) is 6.07 Å². The molecule has 0 heterocycles. The number of ketones is 1. The molecule has 18 heavy (non-hydrogen) atoms. The second-order valence-corrected chi connectivity index (χ2v) is 3.79. The van der Waals surface area contributed by atoms with Gasteiger partial charge in [-0.2, -0.15) is 18.4 Å². The molecular weight excluding hydrogens is 315 g/mol. The summed E-state index contributed by atoms with van der Waals surface area (Å²) < 4.78 is 38.2. The van der Waals surface area contributed by atoms with Crippen molar-refractivity contribution in [2.24, 2.45) is 0 Å². The van der Waals surface area contributed by atoms with Crippen molar-refractivity contribution in [3.8, 4) is 6.07 Å². The van der Waals surface area contributed by atoms with Gasteiger partial charge >= 0.3 is 6.18 Å². The second-order valence-electron chi connectivity index (χ2n) is 3.23. The lowest BCUT2D eigenvalue weighted by Crippen LogP contribution is -2.17. The number of halogens is 4. The van der Waals surface area contributed by atoms with Gasteiger partial charge in [-0.1, -0.05) is 15.9 Å². The van der Waals surface area contributed by atoms with Gasteiger partial charge in [-0.15, -0.1) is 0 Å². The van der Waals surface area contributed by atoms with Crippen LogP contribution in [0.4, 0.5) is 13.2 Å². The molecule has 1 rings (SSSR count). The van der Waals surface area contributed by atoms with E-state index in [2.05, 4.69) is 15.9 Å². The molecule has 0 spiro atoms. The molecule has 1 aromatic rings. The van der Waals surface area contributed by atoms with Crippen LogP contribution in [0.2, 0.25) is 0 Å². The van der Waals surface area contributed by atoms with E-state index in [0.717, 1.165) is 6.07 Å². The van der Waals surface area contributed by atoms with Crippen LogP contribution in [0.5, 0.6) is 0 Å². The molecule has 0 aliphatic heterocycles. The predicted octanol–water partition coefficient (Wildman–Crippen LogP) is 2.97. The molecule has 0 fully saturated rings. The zero-order chi connectivity index (χ0) is 13.9. The molecule has 0 bridgehead atoms. The Balaban J connectivity index is 3.72. The molecule has 3 nitrogen and oxygen atoms in total. The molecule has 0 amide bonds. The normalized spacial score (nSPS) is 10.8. The number of hydrogen-bond donors (Lipinski definition) is 0. The van der Waals surface area contributed by atoms with Crippen molar-refractivity contribution in [2.45, 2.75) is 6.18 Å². The van der Waals surface area contributed by atoms with Crippen molar-refractivity contribution in [1.82, 2.24) is 0 Å². The highest BCUT2D eigenvalue weighted by Gasteiger charge is 2.36. The van der Waals surface area contributed by atoms with E-state index < -0.39 is 28.6 Å². The van der Waals surface area contributed by atoms with E-state index in [1.807, 2.05) is 0 Å². The Morgan fingerprint density at radius 3 is 2.44 bits per heavy atom. The summed E-state index contributed by atoms with van der Waals surface area (Å²) >= 11 is 2.75. The maximum Gasteiger partial charge on any atom is 0.417 e. The van der Waals surface area contributed by atoms with E-state index in [9.17, 15) is 22.8 Å². The molecule has 0 aliphatic carbocycles. The first-order valence-corrected chi connectivity index (χ1v) is 5.67. The lowest BCUT2D eigenvalue weighted by Gasteiger charge is -2.13. The van der Waals surface area contributed by atoms with Crippen LogP contribution in [-0.2, 0) is 6.18 Å². The summed E-state index contributed by atoms with van der Waals surface area (Å²) in [7, 11) is 0. The SMILES string of the molecule is N#Cc1ccc(C(F)(F)F)c(C(=O)CBr)c1C=O. The molecular formula is C11H5BrF3NO2. The van der Waals surface area contributed by atoms with Crippen LogP contribution in [0.3, 0.4) is 0 Å². The Kier molecular flexibility index (Phi) is 4.24. The number of hydrogen-bond acceptors (Lipinski definition) is 3. The maximum absolute atomic E-state index is 12.7. The molecule has 0 radical (unpaired) electrons. The predicted molar refractivity (Wildman–Crippen MR) is 59.7 cm³/mol. The van der Waals surface area contributed by atoms with Crippen LogP contribution in [0.15, 0.2) is 12.1 Å². The third-order valence-corrected chi connectivity index (χ3v) is 2.70. The Morgan fingerprint density at radius 2 is 2.06 bits per heavy atom. The van der Waals surface area contributed by atoms with Crippen molar-refractivity contribution in [3.63, 3.8) is 0 Å². The van der Waals surface area contributed by atoms with Gasteiger partial charge in [-0.05, 0) is 12.1 Å². The van der Waals surface area contributed by atoms with E-state index in [4.69, 9.17) is 5.26 Å². The first-order valence-electron chi connectivity index (χ1n) is 4.55. The van der Waals surface area contributed by atoms with Crippen LogP contribution in [-0.4, -0.2) is 17.4 Å². The minimum absolute atomic E-state index is 0.0870. The maximum atomic E-state index is 12.7. The van der Waals surface area contributed by atoms with Crippen LogP contribution < -0.4 is 0 Å². The molecule has 0 aliphatic rings. The number of carbonyl (C=O) groups excluding carboxylic acids is 2. The zero-order valence-electron chi connectivity index (χ0n) is 8.71. The lowest BCUT2D eigenvalue weighted by molar-refractivity contribution is -0.137. The summed E-state index contributed by atoms with van der Waals surface area (Å²) in [5.74, 6) is -0.901. The number of aldehydes is 1. The fourth-order valence-corrected chi connectivity index (χ4v) is 1.72. The molecule has 0 saturated heterocycles. The summed E-state index contributed by atoms with van der Waals surface area (Å²) in [5, 5.41) is 8.34. The third kappa shape index (κ3) is 2.59. The fourth-order valence-electron chi connectivity index (χ4n) is 1.44. The van der Waals surface area contributed by atoms with Crippen molar-refractivity contribution in [3.05, 3.63) is 34.4 Å². The molecule has 0 saturated carbocycles. The summed E-state index contributed by atoms with van der Waals surface area (Å²) in [4.78, 5) is 22.3. The van der Waals surface area contributed by atoms with Gasteiger partial charge < -0.3 is 0 Å². The van der Waals surface area contributed by atoms with Crippen LogP contribution in [0.25, 0.3) is 0 Å². The summed E-state index contributed by atoms with van der Waals surface area (Å²) in [6.07, 6.45) is -4.68. The number of rotatable bonds is 3. The molecule has 0 atom stereocenters. The largest absolute Gasteiger partial charge is 0.417 e. The Morgan fingerprint density at radius 1 is 1.44 bits per heavy atom. The highest BCUT2D eigenvalue weighted by Crippen LogP contribution is 2.34. The monoisotopic (exact) mass is 319 g/mol. The zero-order valence-corrected chi connectivity index (χ0v) is 10.3. The van der Waals surface area contributed by atoms with Gasteiger partial charge in [0.15, 0.2) is 12.1 Å². The van der Waals surface area contributed by atoms with Crippen LogP contribution in [0.1, 0.15) is 31.8 Å². The smallest absolute Gasteiger partial charge is 0.298 e. The third-order valence-electron chi connectivity index (χ3n) is 2.19. The number of benzene rings is 1. The molecule has 0 unspecified atom stereocenters. The second kappa shape index (κ2) is 5.31. The van der Waals surface area contributed by atoms with E-state index in [-0.39, 0.29) is 17.2 Å². The van der Waals surface area contributed by atoms with Gasteiger partial charge in [0.25, 0.3) is 0 Å². The standard InChI is InChI=1S/C11H5BrF3NO2/c12-3-9(18)10-7(5-17)6(4-16)1-2-8(10)11(13,14)15/h1-2,5H,3H2. The Hall–Kier alpha value is -1.68. The van der Waals surface area contributed by atoms with E-state index in [1.165, 1.54) is 0 Å². The fraction of sp³-hybridized carbons (Fsp3) is 0.182. The Labute approximate surface area is 108 Å². The van der Waals surface area contributed by atoms with Crippen molar-refractivity contribution in [1.29, 1.82) is 5.26 Å². The van der Waals surface area contributed by atoms with E-state index >= 15 is 0 Å². The van der Waals surface area contributed by atoms with Gasteiger partial charge in [-0.25, -0.2) is 0 Å². The topological polar surface area (TPSA) is 57.9 Å². The highest BCUT2D eigenvalue weighted by molar-refractivity contribution is 9.09. The van der Waals surface area contributed by atoms with E-state index in [0.29, 0.717) is 6.07 Å². The molecule has 1 aromatic carbocycles. The first kappa shape index (κ1) is 14.4. The summed E-state index contributed by atoms with van der Waals surface area (Å²) in [6.45, 7) is 0. The highest BCUT2D eigenvalue weighted by atomic mass is 79.9. The van der Waals surface area contributed by atoms with Crippen LogP contribution in [0, 0.1) is 11.3 Å². The van der Waals surface area contributed by atoms with Gasteiger partial charge in [0.2, 0.25) is 0 Å². The molecule has 7 heteroatoms. The number of alkyl halides is 4. The summed E-state index contributed by atoms with van der Waals surface area (Å²) in [5.41, 5.74) is -2.78. The number of carbonyl (C=O) groups is 2. The molecule has 94 valence electrons. The molecule has 0 aromatic heterocycles. The first-order chi connectivity index (χ1) is 8.36. The average molecular weight is 320 g/mol. The quantitative estimate of drug-likeness (QED) is 0.489. The number of nitrogens with zero attached hydrogens (tertiary/aromatic N) is 1. The minimum atomic E-state index is -4.76.